The van der Waals surface area contributed by atoms with Gasteiger partial charge in [-0.3, -0.25) is 19.7 Å². The van der Waals surface area contributed by atoms with E-state index < -0.39 is 4.92 Å². The fraction of sp³-hybridized carbons (Fsp3) is 0.263. The average Bonchev–Trinajstić information content (AvgIpc) is 2.67. The van der Waals surface area contributed by atoms with Gasteiger partial charge in [-0.2, -0.15) is 0 Å². The number of hydrogen-bond donors (Lipinski definition) is 1. The second-order valence-electron chi connectivity index (χ2n) is 6.16. The Bertz CT molecular complexity index is 816. The van der Waals surface area contributed by atoms with E-state index in [0.717, 1.165) is 24.1 Å². The molecule has 0 aliphatic carbocycles. The zero-order valence-electron chi connectivity index (χ0n) is 14.2. The normalized spacial score (nSPS) is 14.2. The summed E-state index contributed by atoms with van der Waals surface area (Å²) in [5, 5.41) is 13.4. The van der Waals surface area contributed by atoms with Gasteiger partial charge in [0.1, 0.15) is 0 Å². The van der Waals surface area contributed by atoms with Crippen molar-refractivity contribution in [3.63, 3.8) is 0 Å². The van der Waals surface area contributed by atoms with Crippen LogP contribution < -0.4 is 10.2 Å². The summed E-state index contributed by atoms with van der Waals surface area (Å²) in [4.78, 5) is 36.1. The SMILES string of the molecule is O=C(NCc1ccc([N+](=O)[O-])cc1)c1ccc(N2CCCCC2=O)cc1. The lowest BCUT2D eigenvalue weighted by molar-refractivity contribution is -0.384. The maximum atomic E-state index is 12.2. The van der Waals surface area contributed by atoms with E-state index in [9.17, 15) is 19.7 Å². The Balaban J connectivity index is 1.59. The van der Waals surface area contributed by atoms with Crippen molar-refractivity contribution in [3.05, 3.63) is 69.8 Å². The van der Waals surface area contributed by atoms with E-state index in [0.29, 0.717) is 18.5 Å². The predicted molar refractivity (Wildman–Crippen MR) is 96.9 cm³/mol. The van der Waals surface area contributed by atoms with Crippen molar-refractivity contribution in [1.29, 1.82) is 0 Å². The summed E-state index contributed by atoms with van der Waals surface area (Å²) in [7, 11) is 0. The molecule has 3 rings (SSSR count). The third-order valence-corrected chi connectivity index (χ3v) is 4.36. The van der Waals surface area contributed by atoms with Crippen molar-refractivity contribution in [2.24, 2.45) is 0 Å². The van der Waals surface area contributed by atoms with Crippen LogP contribution in [0, 0.1) is 10.1 Å². The molecule has 1 aliphatic heterocycles. The number of nitrogens with zero attached hydrogens (tertiary/aromatic N) is 2. The molecule has 1 fully saturated rings. The van der Waals surface area contributed by atoms with E-state index >= 15 is 0 Å². The van der Waals surface area contributed by atoms with E-state index in [1.165, 1.54) is 12.1 Å². The van der Waals surface area contributed by atoms with Crippen LogP contribution in [0.15, 0.2) is 48.5 Å². The summed E-state index contributed by atoms with van der Waals surface area (Å²) in [6.45, 7) is 0.994. The van der Waals surface area contributed by atoms with E-state index in [1.54, 1.807) is 41.3 Å². The molecule has 134 valence electrons. The molecule has 2 aromatic rings. The average molecular weight is 353 g/mol. The lowest BCUT2D eigenvalue weighted by Crippen LogP contribution is -2.35. The third kappa shape index (κ3) is 4.05. The number of benzene rings is 2. The molecule has 1 heterocycles. The van der Waals surface area contributed by atoms with Crippen molar-refractivity contribution in [1.82, 2.24) is 5.32 Å². The molecule has 0 aromatic heterocycles. The van der Waals surface area contributed by atoms with Crippen molar-refractivity contribution in [2.45, 2.75) is 25.8 Å². The molecule has 26 heavy (non-hydrogen) atoms. The molecule has 1 N–H and O–H groups in total. The fourth-order valence-electron chi connectivity index (χ4n) is 2.89. The van der Waals surface area contributed by atoms with Gasteiger partial charge in [0.15, 0.2) is 0 Å². The summed E-state index contributed by atoms with van der Waals surface area (Å²) >= 11 is 0. The highest BCUT2D eigenvalue weighted by atomic mass is 16.6. The number of hydrogen-bond acceptors (Lipinski definition) is 4. The van der Waals surface area contributed by atoms with Crippen LogP contribution in [0.3, 0.4) is 0 Å². The van der Waals surface area contributed by atoms with E-state index in [4.69, 9.17) is 0 Å². The van der Waals surface area contributed by atoms with Crippen LogP contribution in [0.5, 0.6) is 0 Å². The number of carbonyl (C=O) groups excluding carboxylic acids is 2. The summed E-state index contributed by atoms with van der Waals surface area (Å²) in [5.41, 5.74) is 2.10. The molecule has 2 amide bonds. The van der Waals surface area contributed by atoms with Crippen LogP contribution in [0.25, 0.3) is 0 Å². The summed E-state index contributed by atoms with van der Waals surface area (Å²) in [6.07, 6.45) is 2.49. The summed E-state index contributed by atoms with van der Waals surface area (Å²) in [5.74, 6) is -0.119. The molecule has 7 nitrogen and oxygen atoms in total. The first-order valence-electron chi connectivity index (χ1n) is 8.46. The first-order valence-corrected chi connectivity index (χ1v) is 8.46. The van der Waals surface area contributed by atoms with Gasteiger partial charge in [0.25, 0.3) is 11.6 Å². The fourth-order valence-corrected chi connectivity index (χ4v) is 2.89. The number of anilines is 1. The van der Waals surface area contributed by atoms with Gasteiger partial charge in [0.2, 0.25) is 5.91 Å². The van der Waals surface area contributed by atoms with Gasteiger partial charge < -0.3 is 10.2 Å². The molecule has 0 radical (unpaired) electrons. The molecule has 1 saturated heterocycles. The second kappa shape index (κ2) is 7.77. The quantitative estimate of drug-likeness (QED) is 0.660. The molecular weight excluding hydrogens is 334 g/mol. The number of rotatable bonds is 5. The van der Waals surface area contributed by atoms with Crippen LogP contribution in [0.4, 0.5) is 11.4 Å². The van der Waals surface area contributed by atoms with Gasteiger partial charge in [0.05, 0.1) is 4.92 Å². The number of amides is 2. The van der Waals surface area contributed by atoms with Crippen LogP contribution in [-0.4, -0.2) is 23.3 Å². The minimum atomic E-state index is -0.461. The number of carbonyl (C=O) groups is 2. The number of nitrogens with one attached hydrogen (secondary N) is 1. The highest BCUT2D eigenvalue weighted by Gasteiger charge is 2.19. The molecule has 7 heteroatoms. The molecule has 0 unspecified atom stereocenters. The smallest absolute Gasteiger partial charge is 0.269 e. The van der Waals surface area contributed by atoms with Gasteiger partial charge in [-0.1, -0.05) is 12.1 Å². The number of nitro groups is 1. The minimum Gasteiger partial charge on any atom is -0.348 e. The van der Waals surface area contributed by atoms with Crippen molar-refractivity contribution < 1.29 is 14.5 Å². The lowest BCUT2D eigenvalue weighted by Gasteiger charge is -2.26. The number of nitro benzene ring substituents is 1. The second-order valence-corrected chi connectivity index (χ2v) is 6.16. The van der Waals surface area contributed by atoms with Crippen LogP contribution in [0.2, 0.25) is 0 Å². The zero-order chi connectivity index (χ0) is 18.5. The van der Waals surface area contributed by atoms with E-state index in [2.05, 4.69) is 5.32 Å². The van der Waals surface area contributed by atoms with Crippen LogP contribution in [0.1, 0.15) is 35.2 Å². The van der Waals surface area contributed by atoms with Gasteiger partial charge in [0, 0.05) is 42.9 Å². The first-order chi connectivity index (χ1) is 12.5. The predicted octanol–water partition coefficient (Wildman–Crippen LogP) is 3.04. The number of piperidine rings is 1. The first kappa shape index (κ1) is 17.6. The van der Waals surface area contributed by atoms with Crippen LogP contribution in [-0.2, 0) is 11.3 Å². The largest absolute Gasteiger partial charge is 0.348 e. The zero-order valence-corrected chi connectivity index (χ0v) is 14.2. The van der Waals surface area contributed by atoms with Gasteiger partial charge in [-0.05, 0) is 42.7 Å². The molecule has 2 aromatic carbocycles. The van der Waals surface area contributed by atoms with Crippen molar-refractivity contribution in [2.75, 3.05) is 11.4 Å². The van der Waals surface area contributed by atoms with Crippen molar-refractivity contribution in [3.8, 4) is 0 Å². The van der Waals surface area contributed by atoms with Gasteiger partial charge >= 0.3 is 0 Å². The Morgan fingerprint density at radius 3 is 2.38 bits per heavy atom. The molecule has 0 spiro atoms. The molecule has 0 atom stereocenters. The lowest BCUT2D eigenvalue weighted by atomic mass is 10.1. The van der Waals surface area contributed by atoms with E-state index in [1.807, 2.05) is 0 Å². The molecule has 0 bridgehead atoms. The Hall–Kier alpha value is -3.22. The molecule has 1 aliphatic rings. The topological polar surface area (TPSA) is 92.5 Å². The maximum absolute atomic E-state index is 12.2. The highest BCUT2D eigenvalue weighted by molar-refractivity contribution is 5.96. The summed E-state index contributed by atoms with van der Waals surface area (Å²) < 4.78 is 0. The Labute approximate surface area is 150 Å². The Kier molecular flexibility index (Phi) is 5.26. The number of non-ortho nitro benzene ring substituents is 1. The summed E-state index contributed by atoms with van der Waals surface area (Å²) in [6, 6.07) is 13.0. The van der Waals surface area contributed by atoms with Crippen LogP contribution >= 0.6 is 0 Å². The maximum Gasteiger partial charge on any atom is 0.269 e. The van der Waals surface area contributed by atoms with Gasteiger partial charge in [-0.25, -0.2) is 0 Å². The third-order valence-electron chi connectivity index (χ3n) is 4.36. The van der Waals surface area contributed by atoms with Gasteiger partial charge in [-0.15, -0.1) is 0 Å². The molecular formula is C19H19N3O4. The minimum absolute atomic E-state index is 0.0166. The highest BCUT2D eigenvalue weighted by Crippen LogP contribution is 2.21. The Morgan fingerprint density at radius 2 is 1.77 bits per heavy atom. The Morgan fingerprint density at radius 1 is 1.08 bits per heavy atom. The monoisotopic (exact) mass is 353 g/mol. The van der Waals surface area contributed by atoms with E-state index in [-0.39, 0.29) is 24.0 Å². The standard InChI is InChI=1S/C19H19N3O4/c23-18-3-1-2-12-21(18)16-10-6-15(7-11-16)19(24)20-13-14-4-8-17(9-5-14)22(25)26/h4-11H,1-3,12-13H2,(H,20,24). The molecule has 0 saturated carbocycles. The van der Waals surface area contributed by atoms with Crippen molar-refractivity contribution >= 4 is 23.2 Å².